The lowest BCUT2D eigenvalue weighted by molar-refractivity contribution is -0.0987. The number of pyridine rings is 3. The van der Waals surface area contributed by atoms with Crippen molar-refractivity contribution in [2.45, 2.75) is 26.9 Å². The summed E-state index contributed by atoms with van der Waals surface area (Å²) in [6, 6.07) is 9.26. The molecule has 1 saturated heterocycles. The van der Waals surface area contributed by atoms with Gasteiger partial charge in [-0.1, -0.05) is 13.8 Å². The zero-order valence-electron chi connectivity index (χ0n) is 27.8. The van der Waals surface area contributed by atoms with Crippen LogP contribution in [-0.2, 0) is 22.7 Å². The molecule has 48 heavy (non-hydrogen) atoms. The lowest BCUT2D eigenvalue weighted by atomic mass is 10.0. The molecule has 0 aliphatic carbocycles. The Hall–Kier alpha value is -5.24. The largest absolute Gasteiger partial charge is 0.335 e. The predicted molar refractivity (Wildman–Crippen MR) is 187 cm³/mol. The van der Waals surface area contributed by atoms with Crippen molar-refractivity contribution in [1.29, 1.82) is 0 Å². The highest BCUT2D eigenvalue weighted by Crippen LogP contribution is 2.33. The standard InChI is InChI=1S/C31H31FN10.C2H6.2CH2O/c1-33-12-19-7-21(10-24(32)9-19)26-16-35-17-27-28(26)38-31(37-27)29-25-11-23(15-36-30(25)40-39-29)22-8-20(13-34-14-22)18-42-5-3-41(2)4-6-42;3*1-2/h7-11,13-17,33H,3-6,12,18H2,1-2H3,(H,37,38)(H,36,39,40);1-2H3;2*1H2. The van der Waals surface area contributed by atoms with Crippen LogP contribution in [0, 0.1) is 5.82 Å². The van der Waals surface area contributed by atoms with Gasteiger partial charge in [0.25, 0.3) is 0 Å². The number of nitrogens with one attached hydrogen (secondary N) is 3. The van der Waals surface area contributed by atoms with E-state index < -0.39 is 0 Å². The van der Waals surface area contributed by atoms with Gasteiger partial charge in [-0.05, 0) is 61.1 Å². The van der Waals surface area contributed by atoms with E-state index in [2.05, 4.69) is 64.4 Å². The fraction of sp³-hybridized carbons (Fsp3) is 0.286. The Kier molecular flexibility index (Phi) is 12.7. The Morgan fingerprint density at radius 3 is 2.31 bits per heavy atom. The van der Waals surface area contributed by atoms with Gasteiger partial charge < -0.3 is 24.8 Å². The molecule has 5 aromatic heterocycles. The monoisotopic (exact) mass is 652 g/mol. The van der Waals surface area contributed by atoms with E-state index in [0.29, 0.717) is 23.5 Å². The molecule has 0 radical (unpaired) electrons. The van der Waals surface area contributed by atoms with Crippen molar-refractivity contribution < 1.29 is 14.0 Å². The first-order chi connectivity index (χ1) is 23.5. The fourth-order valence-corrected chi connectivity index (χ4v) is 5.61. The topological polar surface area (TPSA) is 149 Å². The third-order valence-corrected chi connectivity index (χ3v) is 7.82. The van der Waals surface area contributed by atoms with Gasteiger partial charge in [-0.15, -0.1) is 0 Å². The second-order valence-corrected chi connectivity index (χ2v) is 10.9. The Morgan fingerprint density at radius 2 is 1.56 bits per heavy atom. The number of aromatic amines is 2. The number of rotatable bonds is 7. The number of fused-ring (bicyclic) bond motifs is 2. The summed E-state index contributed by atoms with van der Waals surface area (Å²) in [7, 11) is 4.00. The summed E-state index contributed by atoms with van der Waals surface area (Å²) in [5.74, 6) is 0.306. The first-order valence-corrected chi connectivity index (χ1v) is 15.6. The molecule has 0 unspecified atom stereocenters. The third-order valence-electron chi connectivity index (χ3n) is 7.82. The second-order valence-electron chi connectivity index (χ2n) is 10.9. The minimum atomic E-state index is -0.300. The van der Waals surface area contributed by atoms with Crippen molar-refractivity contribution in [2.24, 2.45) is 0 Å². The molecule has 1 aliphatic heterocycles. The molecule has 0 bridgehead atoms. The van der Waals surface area contributed by atoms with Crippen LogP contribution in [0.5, 0.6) is 0 Å². The number of piperazine rings is 1. The van der Waals surface area contributed by atoms with Gasteiger partial charge in [0.05, 0.1) is 22.6 Å². The number of likely N-dealkylation sites (N-methyl/N-ethyl adjacent to an activating group) is 1. The molecule has 3 N–H and O–H groups in total. The number of hydrogen-bond donors (Lipinski definition) is 3. The van der Waals surface area contributed by atoms with Crippen molar-refractivity contribution in [3.8, 4) is 33.8 Å². The Balaban J connectivity index is 0.000000823. The van der Waals surface area contributed by atoms with Crippen molar-refractivity contribution >= 4 is 35.6 Å². The van der Waals surface area contributed by atoms with E-state index in [1.54, 1.807) is 12.4 Å². The lowest BCUT2D eigenvalue weighted by Gasteiger charge is -2.32. The molecule has 0 atom stereocenters. The van der Waals surface area contributed by atoms with Crippen molar-refractivity contribution in [3.05, 3.63) is 78.3 Å². The highest BCUT2D eigenvalue weighted by Gasteiger charge is 2.18. The van der Waals surface area contributed by atoms with Crippen molar-refractivity contribution in [2.75, 3.05) is 40.3 Å². The van der Waals surface area contributed by atoms with Gasteiger partial charge in [0.2, 0.25) is 0 Å². The van der Waals surface area contributed by atoms with Crippen LogP contribution in [0.1, 0.15) is 25.0 Å². The first kappa shape index (κ1) is 35.6. The normalized spacial score (nSPS) is 13.2. The number of nitrogens with zero attached hydrogens (tertiary/aromatic N) is 7. The maximum Gasteiger partial charge on any atom is 0.181 e. The molecule has 250 valence electrons. The van der Waals surface area contributed by atoms with E-state index in [1.807, 2.05) is 59.1 Å². The quantitative estimate of drug-likeness (QED) is 0.218. The summed E-state index contributed by atoms with van der Waals surface area (Å²) in [5, 5.41) is 11.5. The van der Waals surface area contributed by atoms with Gasteiger partial charge in [0.15, 0.2) is 11.5 Å². The molecule has 0 spiro atoms. The van der Waals surface area contributed by atoms with Gasteiger partial charge in [-0.3, -0.25) is 20.0 Å². The van der Waals surface area contributed by atoms with Crippen LogP contribution >= 0.6 is 0 Å². The molecule has 1 aliphatic rings. The van der Waals surface area contributed by atoms with E-state index in [9.17, 15) is 4.39 Å². The summed E-state index contributed by atoms with van der Waals surface area (Å²) >= 11 is 0. The second kappa shape index (κ2) is 17.1. The summed E-state index contributed by atoms with van der Waals surface area (Å²) in [5.41, 5.74) is 8.21. The van der Waals surface area contributed by atoms with Crippen LogP contribution in [0.3, 0.4) is 0 Å². The van der Waals surface area contributed by atoms with E-state index in [1.165, 1.54) is 17.7 Å². The molecule has 1 fully saturated rings. The van der Waals surface area contributed by atoms with Crippen LogP contribution < -0.4 is 5.32 Å². The van der Waals surface area contributed by atoms with Gasteiger partial charge in [-0.2, -0.15) is 5.10 Å². The van der Waals surface area contributed by atoms with Gasteiger partial charge in [-0.25, -0.2) is 14.4 Å². The molecular formula is C35H41FN10O2. The predicted octanol–water partition coefficient (Wildman–Crippen LogP) is 4.89. The van der Waals surface area contributed by atoms with Crippen molar-refractivity contribution in [3.63, 3.8) is 0 Å². The SMILES string of the molecule is C=O.C=O.CC.CNCc1cc(F)cc(-c2cncc3[nH]c(-c4[nH]nc5ncc(-c6cncc(CN7CCN(C)CC7)c6)cc45)nc23)c1. The maximum atomic E-state index is 14.5. The van der Waals surface area contributed by atoms with E-state index in [-0.39, 0.29) is 5.82 Å². The zero-order valence-corrected chi connectivity index (χ0v) is 27.8. The molecule has 0 amide bonds. The summed E-state index contributed by atoms with van der Waals surface area (Å²) in [6.07, 6.45) is 9.09. The van der Waals surface area contributed by atoms with Crippen molar-refractivity contribution in [1.82, 2.24) is 50.2 Å². The fourth-order valence-electron chi connectivity index (χ4n) is 5.61. The first-order valence-electron chi connectivity index (χ1n) is 15.6. The minimum absolute atomic E-state index is 0.300. The van der Waals surface area contributed by atoms with Gasteiger partial charge in [0, 0.05) is 80.7 Å². The number of carbonyl (C=O) groups excluding carboxylic acids is 2. The van der Waals surface area contributed by atoms with E-state index in [4.69, 9.17) is 14.6 Å². The highest BCUT2D eigenvalue weighted by atomic mass is 19.1. The lowest BCUT2D eigenvalue weighted by Crippen LogP contribution is -2.43. The molecule has 12 nitrogen and oxygen atoms in total. The number of H-pyrrole nitrogens is 2. The molecule has 0 saturated carbocycles. The van der Waals surface area contributed by atoms with Crippen LogP contribution in [0.4, 0.5) is 4.39 Å². The maximum absolute atomic E-state index is 14.5. The molecule has 6 aromatic rings. The molecule has 6 heterocycles. The average molecular weight is 653 g/mol. The van der Waals surface area contributed by atoms with Gasteiger partial charge in [0.1, 0.15) is 25.1 Å². The molecule has 13 heteroatoms. The summed E-state index contributed by atoms with van der Waals surface area (Å²) in [4.78, 5) is 42.7. The summed E-state index contributed by atoms with van der Waals surface area (Å²) < 4.78 is 14.5. The smallest absolute Gasteiger partial charge is 0.181 e. The van der Waals surface area contributed by atoms with Gasteiger partial charge >= 0.3 is 0 Å². The molecule has 1 aromatic carbocycles. The van der Waals surface area contributed by atoms with E-state index >= 15 is 0 Å². The van der Waals surface area contributed by atoms with Crippen LogP contribution in [0.2, 0.25) is 0 Å². The summed E-state index contributed by atoms with van der Waals surface area (Å²) in [6.45, 7) is 13.7. The zero-order chi connectivity index (χ0) is 34.6. The number of halogens is 1. The van der Waals surface area contributed by atoms with E-state index in [0.717, 1.165) is 77.1 Å². The van der Waals surface area contributed by atoms with Crippen LogP contribution in [0.25, 0.3) is 55.8 Å². The number of benzene rings is 1. The Morgan fingerprint density at radius 1 is 0.854 bits per heavy atom. The molecular weight excluding hydrogens is 611 g/mol. The Bertz CT molecular complexity index is 1930. The number of hydrogen-bond acceptors (Lipinski definition) is 10. The highest BCUT2D eigenvalue weighted by molar-refractivity contribution is 5.96. The number of aromatic nitrogens is 7. The minimum Gasteiger partial charge on any atom is -0.335 e. The van der Waals surface area contributed by atoms with Crippen LogP contribution in [0.15, 0.2) is 61.3 Å². The van der Waals surface area contributed by atoms with Crippen LogP contribution in [-0.4, -0.2) is 98.8 Å². The molecule has 7 rings (SSSR count). The number of carbonyl (C=O) groups is 2. The average Bonchev–Trinajstić information content (AvgIpc) is 3.76. The Labute approximate surface area is 278 Å². The third kappa shape index (κ3) is 8.00. The number of imidazole rings is 1.